The molecule has 5 aliphatic rings. The lowest BCUT2D eigenvalue weighted by Crippen LogP contribution is -2.49. The van der Waals surface area contributed by atoms with Gasteiger partial charge >= 0.3 is 0 Å². The maximum Gasteiger partial charge on any atom is 0.261 e. The van der Waals surface area contributed by atoms with Crippen LogP contribution in [0.4, 0.5) is 0 Å². The van der Waals surface area contributed by atoms with Crippen LogP contribution >= 0.6 is 23.5 Å². The number of carbonyl (C=O) groups excluding carboxylic acids is 1. The van der Waals surface area contributed by atoms with E-state index in [1.54, 1.807) is 6.26 Å². The lowest BCUT2D eigenvalue weighted by molar-refractivity contribution is -0.115. The van der Waals surface area contributed by atoms with Gasteiger partial charge in [0.15, 0.2) is 0 Å². The Balaban J connectivity index is 1.49. The number of carbonyl (C=O) groups is 1. The number of hydrogen-bond acceptors (Lipinski definition) is 5. The number of allylic oxidation sites excluding steroid dienone is 4. The summed E-state index contributed by atoms with van der Waals surface area (Å²) in [6.45, 7) is 2.47. The zero-order chi connectivity index (χ0) is 26.1. The fourth-order valence-electron chi connectivity index (χ4n) is 6.94. The van der Waals surface area contributed by atoms with Crippen molar-refractivity contribution in [3.05, 3.63) is 81.8 Å². The van der Waals surface area contributed by atoms with E-state index >= 15 is 0 Å². The van der Waals surface area contributed by atoms with Crippen molar-refractivity contribution < 1.29 is 14.6 Å². The average molecular weight is 553 g/mol. The minimum absolute atomic E-state index is 0.0355. The Labute approximate surface area is 235 Å². The van der Waals surface area contributed by atoms with Crippen LogP contribution in [0.5, 0.6) is 0 Å². The first-order valence-corrected chi connectivity index (χ1v) is 15.3. The van der Waals surface area contributed by atoms with E-state index in [4.69, 9.17) is 16.3 Å². The van der Waals surface area contributed by atoms with Crippen LogP contribution < -0.4 is 4.72 Å². The van der Waals surface area contributed by atoms with Crippen molar-refractivity contribution in [2.45, 2.75) is 62.0 Å². The van der Waals surface area contributed by atoms with E-state index in [2.05, 4.69) is 33.9 Å². The molecule has 1 saturated carbocycles. The average Bonchev–Trinajstić information content (AvgIpc) is 2.93. The van der Waals surface area contributed by atoms with Crippen molar-refractivity contribution in [2.75, 3.05) is 26.3 Å². The highest BCUT2D eigenvalue weighted by atomic mass is 35.5. The molecule has 202 valence electrons. The lowest BCUT2D eigenvalue weighted by atomic mass is 9.68. The van der Waals surface area contributed by atoms with E-state index in [1.165, 1.54) is 41.5 Å². The summed E-state index contributed by atoms with van der Waals surface area (Å²) in [6.07, 6.45) is 18.5. The third kappa shape index (κ3) is 5.20. The van der Waals surface area contributed by atoms with Crippen LogP contribution in [-0.4, -0.2) is 47.5 Å². The molecular formula is C31H37ClN2O3S. The zero-order valence-corrected chi connectivity index (χ0v) is 23.4. The number of aryl methyl sites for hydroxylation is 1. The maximum absolute atomic E-state index is 13.3. The first-order chi connectivity index (χ1) is 18.5. The van der Waals surface area contributed by atoms with E-state index in [9.17, 15) is 9.90 Å². The minimum Gasteiger partial charge on any atom is -0.500 e. The van der Waals surface area contributed by atoms with Crippen LogP contribution in [0.15, 0.2) is 65.6 Å². The van der Waals surface area contributed by atoms with E-state index in [0.29, 0.717) is 18.1 Å². The number of aliphatic hydroxyl groups excluding tert-OH is 1. The van der Waals surface area contributed by atoms with Gasteiger partial charge in [0.1, 0.15) is 0 Å². The number of rotatable bonds is 1. The molecule has 3 heterocycles. The van der Waals surface area contributed by atoms with E-state index in [0.717, 1.165) is 68.3 Å². The van der Waals surface area contributed by atoms with Crippen LogP contribution in [0.1, 0.15) is 56.1 Å². The molecule has 0 aromatic heterocycles. The predicted octanol–water partition coefficient (Wildman–Crippen LogP) is 5.85. The molecule has 1 amide bonds. The van der Waals surface area contributed by atoms with E-state index < -0.39 is 0 Å². The van der Waals surface area contributed by atoms with Gasteiger partial charge in [0.2, 0.25) is 0 Å². The van der Waals surface area contributed by atoms with Gasteiger partial charge in [-0.05, 0) is 122 Å². The molecule has 0 saturated heterocycles. The van der Waals surface area contributed by atoms with Crippen molar-refractivity contribution in [1.29, 1.82) is 0 Å². The SMILES string of the molecule is O=C1NS[C@@H](CO)CCC2=C/C[C@@H]3CC[C@H]3CN3C[C@@]4(CCCc5cc(Cl)ccc54)CO\C=C/C=C1\C=C\23. The first kappa shape index (κ1) is 26.1. The monoisotopic (exact) mass is 552 g/mol. The summed E-state index contributed by atoms with van der Waals surface area (Å²) in [5, 5.41) is 10.8. The Morgan fingerprint density at radius 2 is 2.11 bits per heavy atom. The van der Waals surface area contributed by atoms with Crippen molar-refractivity contribution in [2.24, 2.45) is 11.8 Å². The molecular weight excluding hydrogens is 516 g/mol. The van der Waals surface area contributed by atoms with Crippen LogP contribution in [0, 0.1) is 11.8 Å². The summed E-state index contributed by atoms with van der Waals surface area (Å²) >= 11 is 7.77. The second-order valence-electron chi connectivity index (χ2n) is 11.6. The molecule has 1 aromatic carbocycles. The molecule has 7 heteroatoms. The molecule has 2 N–H and O–H groups in total. The summed E-state index contributed by atoms with van der Waals surface area (Å²) in [5.41, 5.74) is 5.59. The quantitative estimate of drug-likeness (QED) is 0.428. The van der Waals surface area contributed by atoms with Crippen LogP contribution in [0.3, 0.4) is 0 Å². The van der Waals surface area contributed by atoms with Gasteiger partial charge in [0.05, 0.1) is 19.5 Å². The summed E-state index contributed by atoms with van der Waals surface area (Å²) in [6, 6.07) is 6.38. The molecule has 38 heavy (non-hydrogen) atoms. The van der Waals surface area contributed by atoms with Gasteiger partial charge < -0.3 is 14.7 Å². The number of amides is 1. The first-order valence-electron chi connectivity index (χ1n) is 14.0. The zero-order valence-electron chi connectivity index (χ0n) is 21.8. The molecule has 6 rings (SSSR count). The molecule has 4 atom stereocenters. The Kier molecular flexibility index (Phi) is 7.65. The van der Waals surface area contributed by atoms with Crippen molar-refractivity contribution in [3.63, 3.8) is 0 Å². The molecule has 1 aromatic rings. The highest BCUT2D eigenvalue weighted by Gasteiger charge is 2.42. The topological polar surface area (TPSA) is 61.8 Å². The van der Waals surface area contributed by atoms with Crippen LogP contribution in [0.25, 0.3) is 0 Å². The van der Waals surface area contributed by atoms with Gasteiger partial charge in [0, 0.05) is 40.0 Å². The van der Waals surface area contributed by atoms with Gasteiger partial charge in [0.25, 0.3) is 5.91 Å². The van der Waals surface area contributed by atoms with Crippen LogP contribution in [0.2, 0.25) is 5.02 Å². The van der Waals surface area contributed by atoms with Gasteiger partial charge in [-0.15, -0.1) is 0 Å². The number of fused-ring (bicyclic) bond motifs is 4. The Bertz CT molecular complexity index is 1210. The molecule has 2 aliphatic carbocycles. The number of hydrogen-bond donors (Lipinski definition) is 2. The third-order valence-corrected chi connectivity index (χ3v) is 10.5. The maximum atomic E-state index is 13.3. The Morgan fingerprint density at radius 3 is 2.95 bits per heavy atom. The number of aliphatic hydroxyl groups is 1. The number of benzene rings is 1. The standard InChI is InChI=1S/C31H37ClN2O3S/c32-26-10-12-28-23(15-26)3-1-13-31(28)19-34-17-25-8-6-21(25)5-7-22-9-11-27(18-35)38-33-30(36)24(16-29(22)34)4-2-14-37-20-31/h2,4,7,10,12,14-16,21,25,27,35H,1,3,5-6,8-9,11,13,17-20H2,(H,33,36)/b14-2-,22-7-,24-4+,29-16-/t21-,25+,27-,31+/m1/s1. The fourth-order valence-corrected chi connectivity index (χ4v) is 7.84. The smallest absolute Gasteiger partial charge is 0.261 e. The minimum atomic E-state index is -0.168. The summed E-state index contributed by atoms with van der Waals surface area (Å²) in [4.78, 5) is 15.9. The summed E-state index contributed by atoms with van der Waals surface area (Å²) < 4.78 is 9.22. The molecule has 0 unspecified atom stereocenters. The number of ether oxygens (including phenoxy) is 1. The second kappa shape index (κ2) is 11.1. The third-order valence-electron chi connectivity index (χ3n) is 9.22. The number of nitrogens with one attached hydrogen (secondary N) is 1. The summed E-state index contributed by atoms with van der Waals surface area (Å²) in [5.74, 6) is 1.26. The largest absolute Gasteiger partial charge is 0.500 e. The normalized spacial score (nSPS) is 36.4. The lowest BCUT2D eigenvalue weighted by Gasteiger charge is -2.48. The van der Waals surface area contributed by atoms with Crippen molar-refractivity contribution in [3.8, 4) is 0 Å². The van der Waals surface area contributed by atoms with Gasteiger partial charge in [-0.3, -0.25) is 9.52 Å². The molecule has 1 fully saturated rings. The summed E-state index contributed by atoms with van der Waals surface area (Å²) in [7, 11) is 0. The molecule has 5 nitrogen and oxygen atoms in total. The molecule has 2 bridgehead atoms. The Morgan fingerprint density at radius 1 is 1.21 bits per heavy atom. The van der Waals surface area contributed by atoms with Gasteiger partial charge in [-0.25, -0.2) is 0 Å². The fraction of sp³-hybridized carbons (Fsp3) is 0.516. The second-order valence-corrected chi connectivity index (χ2v) is 13.1. The highest BCUT2D eigenvalue weighted by Crippen LogP contribution is 2.45. The molecule has 1 spiro atoms. The van der Waals surface area contributed by atoms with Gasteiger partial charge in [-0.1, -0.05) is 23.7 Å². The van der Waals surface area contributed by atoms with E-state index in [1.807, 2.05) is 18.2 Å². The van der Waals surface area contributed by atoms with Gasteiger partial charge in [-0.2, -0.15) is 0 Å². The van der Waals surface area contributed by atoms with E-state index in [-0.39, 0.29) is 23.2 Å². The molecule has 0 radical (unpaired) electrons. The predicted molar refractivity (Wildman–Crippen MR) is 154 cm³/mol. The van der Waals surface area contributed by atoms with Crippen LogP contribution in [-0.2, 0) is 21.4 Å². The molecule has 3 aliphatic heterocycles. The number of nitrogens with zero attached hydrogens (tertiary/aromatic N) is 1. The van der Waals surface area contributed by atoms with Crippen molar-refractivity contribution >= 4 is 29.5 Å². The number of halogens is 1. The van der Waals surface area contributed by atoms with Crippen molar-refractivity contribution in [1.82, 2.24) is 9.62 Å². The highest BCUT2D eigenvalue weighted by molar-refractivity contribution is 7.98. The Hall–Kier alpha value is -2.15.